The van der Waals surface area contributed by atoms with E-state index in [0.717, 1.165) is 12.0 Å². The van der Waals surface area contributed by atoms with E-state index < -0.39 is 5.97 Å². The number of aromatic carboxylic acids is 1. The van der Waals surface area contributed by atoms with E-state index in [4.69, 9.17) is 14.6 Å². The van der Waals surface area contributed by atoms with Crippen LogP contribution in [-0.2, 0) is 0 Å². The summed E-state index contributed by atoms with van der Waals surface area (Å²) in [4.78, 5) is 10.9. The first-order chi connectivity index (χ1) is 12.5. The fraction of sp³-hybridized carbons (Fsp3) is 0.238. The Morgan fingerprint density at radius 2 is 1.85 bits per heavy atom. The Labute approximate surface area is 153 Å². The second-order valence-electron chi connectivity index (χ2n) is 5.80. The summed E-state index contributed by atoms with van der Waals surface area (Å²) in [6, 6.07) is 13.8. The molecular formula is C21H21NO4. The fourth-order valence-electron chi connectivity index (χ4n) is 2.31. The molecule has 5 nitrogen and oxygen atoms in total. The van der Waals surface area contributed by atoms with Crippen LogP contribution in [0.4, 0.5) is 0 Å². The van der Waals surface area contributed by atoms with Gasteiger partial charge < -0.3 is 14.6 Å². The van der Waals surface area contributed by atoms with Crippen LogP contribution in [0.25, 0.3) is 11.6 Å². The van der Waals surface area contributed by atoms with Crippen LogP contribution in [0.2, 0.25) is 0 Å². The van der Waals surface area contributed by atoms with Gasteiger partial charge in [-0.25, -0.2) is 4.79 Å². The third-order valence-electron chi connectivity index (χ3n) is 3.97. The smallest absolute Gasteiger partial charge is 0.335 e. The van der Waals surface area contributed by atoms with E-state index in [2.05, 4.69) is 6.07 Å². The lowest BCUT2D eigenvalue weighted by atomic mass is 10.0. The monoisotopic (exact) mass is 351 g/mol. The highest BCUT2D eigenvalue weighted by Crippen LogP contribution is 2.31. The minimum atomic E-state index is -0.999. The minimum Gasteiger partial charge on any atom is -0.493 e. The van der Waals surface area contributed by atoms with Gasteiger partial charge in [0.2, 0.25) is 0 Å². The van der Waals surface area contributed by atoms with Gasteiger partial charge >= 0.3 is 5.97 Å². The van der Waals surface area contributed by atoms with Gasteiger partial charge in [-0.15, -0.1) is 0 Å². The zero-order chi connectivity index (χ0) is 19.1. The van der Waals surface area contributed by atoms with Crippen molar-refractivity contribution in [1.82, 2.24) is 0 Å². The summed E-state index contributed by atoms with van der Waals surface area (Å²) in [6.07, 6.45) is 2.69. The van der Waals surface area contributed by atoms with Gasteiger partial charge in [0, 0.05) is 0 Å². The summed E-state index contributed by atoms with van der Waals surface area (Å²) in [5.41, 5.74) is 2.05. The number of carbonyl (C=O) groups is 1. The second kappa shape index (κ2) is 8.72. The molecule has 2 rings (SSSR count). The highest BCUT2D eigenvalue weighted by molar-refractivity contribution is 5.92. The number of ether oxygens (including phenoxy) is 2. The second-order valence-corrected chi connectivity index (χ2v) is 5.80. The van der Waals surface area contributed by atoms with Crippen molar-refractivity contribution in [3.05, 3.63) is 59.2 Å². The molecule has 0 fully saturated rings. The molecule has 2 aromatic carbocycles. The van der Waals surface area contributed by atoms with E-state index in [-0.39, 0.29) is 11.7 Å². The average Bonchev–Trinajstić information content (AvgIpc) is 2.66. The Balaban J connectivity index is 2.33. The molecule has 0 saturated carbocycles. The van der Waals surface area contributed by atoms with Crippen molar-refractivity contribution in [2.75, 3.05) is 7.11 Å². The highest BCUT2D eigenvalue weighted by Gasteiger charge is 2.10. The molecule has 0 unspecified atom stereocenters. The summed E-state index contributed by atoms with van der Waals surface area (Å²) in [5, 5.41) is 18.4. The molecule has 0 spiro atoms. The van der Waals surface area contributed by atoms with Gasteiger partial charge in [-0.2, -0.15) is 5.26 Å². The quantitative estimate of drug-likeness (QED) is 0.581. The lowest BCUT2D eigenvalue weighted by Gasteiger charge is -2.15. The zero-order valence-corrected chi connectivity index (χ0v) is 15.0. The van der Waals surface area contributed by atoms with E-state index in [1.807, 2.05) is 26.0 Å². The molecule has 0 aliphatic heterocycles. The lowest BCUT2D eigenvalue weighted by Crippen LogP contribution is -2.10. The van der Waals surface area contributed by atoms with Gasteiger partial charge in [-0.05, 0) is 54.8 Å². The Hall–Kier alpha value is -3.26. The van der Waals surface area contributed by atoms with Crippen molar-refractivity contribution < 1.29 is 19.4 Å². The van der Waals surface area contributed by atoms with Crippen LogP contribution in [0.3, 0.4) is 0 Å². The van der Waals surface area contributed by atoms with Gasteiger partial charge in [0.25, 0.3) is 0 Å². The molecular weight excluding hydrogens is 330 g/mol. The maximum absolute atomic E-state index is 10.9. The van der Waals surface area contributed by atoms with Crippen molar-refractivity contribution in [2.24, 2.45) is 0 Å². The van der Waals surface area contributed by atoms with Crippen LogP contribution in [-0.4, -0.2) is 24.3 Å². The van der Waals surface area contributed by atoms with Crippen LogP contribution in [0, 0.1) is 11.3 Å². The first-order valence-electron chi connectivity index (χ1n) is 8.28. The molecule has 0 amide bonds. The third-order valence-corrected chi connectivity index (χ3v) is 3.97. The van der Waals surface area contributed by atoms with Crippen molar-refractivity contribution in [3.63, 3.8) is 0 Å². The number of carboxylic acids is 1. The zero-order valence-electron chi connectivity index (χ0n) is 15.0. The van der Waals surface area contributed by atoms with Gasteiger partial charge in [-0.1, -0.05) is 25.1 Å². The number of allylic oxidation sites excluding steroid dienone is 1. The standard InChI is InChI=1S/C21H21NO4/c1-4-14(2)26-19-10-5-15(12-20(19)25-3)11-18(13-22)16-6-8-17(9-7-16)21(23)24/h5-12,14H,4H2,1-3H3,(H,23,24)/b18-11-/t14-/m1/s1. The normalized spacial score (nSPS) is 12.2. The fourth-order valence-corrected chi connectivity index (χ4v) is 2.31. The SMILES string of the molecule is CC[C@@H](C)Oc1ccc(/C=C(/C#N)c2ccc(C(=O)O)cc2)cc1OC. The van der Waals surface area contributed by atoms with Gasteiger partial charge in [0.15, 0.2) is 11.5 Å². The van der Waals surface area contributed by atoms with E-state index in [0.29, 0.717) is 22.6 Å². The Morgan fingerprint density at radius 3 is 2.38 bits per heavy atom. The van der Waals surface area contributed by atoms with Crippen molar-refractivity contribution in [3.8, 4) is 17.6 Å². The van der Waals surface area contributed by atoms with Crippen LogP contribution in [0.1, 0.15) is 41.8 Å². The highest BCUT2D eigenvalue weighted by atomic mass is 16.5. The summed E-state index contributed by atoms with van der Waals surface area (Å²) >= 11 is 0. The molecule has 5 heteroatoms. The maximum atomic E-state index is 10.9. The minimum absolute atomic E-state index is 0.0766. The van der Waals surface area contributed by atoms with E-state index in [1.165, 1.54) is 12.1 Å². The third kappa shape index (κ3) is 4.64. The Kier molecular flexibility index (Phi) is 6.40. The van der Waals surface area contributed by atoms with E-state index in [1.54, 1.807) is 31.4 Å². The van der Waals surface area contributed by atoms with Gasteiger partial charge in [0.05, 0.1) is 30.4 Å². The van der Waals surface area contributed by atoms with Gasteiger partial charge in [0.1, 0.15) is 0 Å². The van der Waals surface area contributed by atoms with Crippen molar-refractivity contribution >= 4 is 17.6 Å². The lowest BCUT2D eigenvalue weighted by molar-refractivity contribution is 0.0697. The molecule has 0 saturated heterocycles. The van der Waals surface area contributed by atoms with Crippen LogP contribution in [0.5, 0.6) is 11.5 Å². The number of benzene rings is 2. The average molecular weight is 351 g/mol. The van der Waals surface area contributed by atoms with Gasteiger partial charge in [-0.3, -0.25) is 0 Å². The molecule has 0 bridgehead atoms. The predicted molar refractivity (Wildman–Crippen MR) is 100 cm³/mol. The Bertz CT molecular complexity index is 847. The molecule has 0 aromatic heterocycles. The topological polar surface area (TPSA) is 79.5 Å². The molecule has 1 N–H and O–H groups in total. The number of rotatable bonds is 7. The summed E-state index contributed by atoms with van der Waals surface area (Å²) < 4.78 is 11.2. The first-order valence-corrected chi connectivity index (χ1v) is 8.28. The van der Waals surface area contributed by atoms with Crippen molar-refractivity contribution in [1.29, 1.82) is 5.26 Å². The largest absolute Gasteiger partial charge is 0.493 e. The molecule has 0 heterocycles. The van der Waals surface area contributed by atoms with E-state index in [9.17, 15) is 10.1 Å². The summed E-state index contributed by atoms with van der Waals surface area (Å²) in [6.45, 7) is 4.03. The van der Waals surface area contributed by atoms with Crippen LogP contribution >= 0.6 is 0 Å². The van der Waals surface area contributed by atoms with Crippen molar-refractivity contribution in [2.45, 2.75) is 26.4 Å². The summed E-state index contributed by atoms with van der Waals surface area (Å²) in [5.74, 6) is 0.251. The number of methoxy groups -OCH3 is 1. The molecule has 134 valence electrons. The molecule has 0 aliphatic rings. The molecule has 0 radical (unpaired) electrons. The molecule has 2 aromatic rings. The predicted octanol–water partition coefficient (Wildman–Crippen LogP) is 4.63. The van der Waals surface area contributed by atoms with E-state index >= 15 is 0 Å². The number of carboxylic acid groups (broad SMARTS) is 1. The van der Waals surface area contributed by atoms with Crippen LogP contribution < -0.4 is 9.47 Å². The summed E-state index contributed by atoms with van der Waals surface area (Å²) in [7, 11) is 1.57. The molecule has 26 heavy (non-hydrogen) atoms. The number of hydrogen-bond donors (Lipinski definition) is 1. The molecule has 1 atom stereocenters. The first kappa shape index (κ1) is 19.1. The number of hydrogen-bond acceptors (Lipinski definition) is 4. The molecule has 0 aliphatic carbocycles. The van der Waals surface area contributed by atoms with Crippen LogP contribution in [0.15, 0.2) is 42.5 Å². The Morgan fingerprint density at radius 1 is 1.19 bits per heavy atom. The maximum Gasteiger partial charge on any atom is 0.335 e. The number of nitrogens with zero attached hydrogens (tertiary/aromatic N) is 1. The number of nitriles is 1.